The van der Waals surface area contributed by atoms with Gasteiger partial charge in [-0.2, -0.15) is 0 Å². The zero-order valence-corrected chi connectivity index (χ0v) is 50.6. The van der Waals surface area contributed by atoms with E-state index in [-0.39, 0.29) is 25.9 Å². The number of hydrogen-bond donors (Lipinski definition) is 2. The van der Waals surface area contributed by atoms with E-state index in [0.29, 0.717) is 19.3 Å². The molecule has 76 heavy (non-hydrogen) atoms. The van der Waals surface area contributed by atoms with E-state index in [2.05, 4.69) is 45.1 Å². The number of esters is 3. The van der Waals surface area contributed by atoms with E-state index >= 15 is 0 Å². The van der Waals surface area contributed by atoms with Gasteiger partial charge in [-0.3, -0.25) is 23.4 Å². The molecule has 0 aliphatic rings. The first-order valence-electron chi connectivity index (χ1n) is 32.2. The number of phosphoric ester groups is 1. The van der Waals surface area contributed by atoms with Gasteiger partial charge in [0.2, 0.25) is 0 Å². The monoisotopic (exact) mass is 1100 g/mol. The highest BCUT2D eigenvalue weighted by Crippen LogP contribution is 2.43. The molecule has 11 nitrogen and oxygen atoms in total. The summed E-state index contributed by atoms with van der Waals surface area (Å²) < 4.78 is 39.7. The maximum Gasteiger partial charge on any atom is 0.472 e. The second-order valence-corrected chi connectivity index (χ2v) is 23.4. The Labute approximate surface area is 468 Å². The van der Waals surface area contributed by atoms with Crippen molar-refractivity contribution in [1.29, 1.82) is 0 Å². The summed E-state index contributed by atoms with van der Waals surface area (Å²) in [6.07, 6.45) is 61.2. The molecule has 0 saturated carbocycles. The largest absolute Gasteiger partial charge is 0.472 e. The van der Waals surface area contributed by atoms with Gasteiger partial charge in [-0.05, 0) is 70.6 Å². The standard InChI is InChI=1S/C64H121O11P/c1-4-7-10-13-16-19-22-25-28-30-33-36-39-42-45-48-51-54-63(67)74-60(56-65)58-72-76(69,70)73-59-61(57-71-62(66)53-50-47-44-41-38-35-32-27-24-21-18-15-12-9-6-3)75-64(68)55-52-49-46-43-40-37-34-31-29-26-23-20-17-14-11-8-5-2/h26-27,29,32,60-61,65H,4-25,28,30-31,33-59H2,1-3H3,(H,69,70)/b29-26-,32-27-. The molecule has 0 fully saturated rings. The summed E-state index contributed by atoms with van der Waals surface area (Å²) in [5, 5.41) is 9.85. The van der Waals surface area contributed by atoms with Gasteiger partial charge in [0, 0.05) is 19.3 Å². The number of aliphatic hydroxyl groups is 1. The third-order valence-corrected chi connectivity index (χ3v) is 15.3. The molecule has 3 unspecified atom stereocenters. The van der Waals surface area contributed by atoms with Gasteiger partial charge in [0.25, 0.3) is 0 Å². The van der Waals surface area contributed by atoms with Crippen LogP contribution in [0.1, 0.15) is 329 Å². The van der Waals surface area contributed by atoms with Crippen molar-refractivity contribution in [3.05, 3.63) is 24.3 Å². The summed E-state index contributed by atoms with van der Waals surface area (Å²) in [4.78, 5) is 48.7. The maximum atomic E-state index is 12.9. The van der Waals surface area contributed by atoms with Gasteiger partial charge in [0.15, 0.2) is 6.10 Å². The molecule has 0 saturated heterocycles. The van der Waals surface area contributed by atoms with Gasteiger partial charge in [0.1, 0.15) is 12.7 Å². The van der Waals surface area contributed by atoms with Crippen LogP contribution in [0.2, 0.25) is 0 Å². The number of phosphoric acid groups is 1. The Morgan fingerprint density at radius 1 is 0.355 bits per heavy atom. The number of ether oxygens (including phenoxy) is 3. The Hall–Kier alpha value is -2.04. The second-order valence-electron chi connectivity index (χ2n) is 21.9. The van der Waals surface area contributed by atoms with Crippen LogP contribution >= 0.6 is 7.82 Å². The first-order valence-corrected chi connectivity index (χ1v) is 33.7. The van der Waals surface area contributed by atoms with E-state index < -0.39 is 57.8 Å². The molecule has 448 valence electrons. The quantitative estimate of drug-likeness (QED) is 0.0197. The Kier molecular flexibility index (Phi) is 57.5. The van der Waals surface area contributed by atoms with Crippen LogP contribution in [-0.4, -0.2) is 66.5 Å². The van der Waals surface area contributed by atoms with Crippen molar-refractivity contribution in [2.45, 2.75) is 341 Å². The van der Waals surface area contributed by atoms with Gasteiger partial charge >= 0.3 is 25.7 Å². The third kappa shape index (κ3) is 56.7. The molecule has 0 aliphatic carbocycles. The van der Waals surface area contributed by atoms with Crippen molar-refractivity contribution in [2.24, 2.45) is 0 Å². The third-order valence-electron chi connectivity index (χ3n) is 14.3. The van der Waals surface area contributed by atoms with Crippen LogP contribution < -0.4 is 0 Å². The number of allylic oxidation sites excluding steroid dienone is 4. The molecule has 0 spiro atoms. The fourth-order valence-corrected chi connectivity index (χ4v) is 10.2. The zero-order chi connectivity index (χ0) is 55.5. The SMILES string of the molecule is CCCCCCCC/C=C\CCCCCCCCCC(=O)OC(COC(=O)CCCCCCC/C=C\CCCCCCCC)COP(=O)(O)OCC(CO)OC(=O)CCCCCCCCCCCCCCCCCCC. The number of carbonyl (C=O) groups excluding carboxylic acids is 3. The summed E-state index contributed by atoms with van der Waals surface area (Å²) >= 11 is 0. The summed E-state index contributed by atoms with van der Waals surface area (Å²) in [7, 11) is -4.75. The number of carbonyl (C=O) groups is 3. The highest BCUT2D eigenvalue weighted by Gasteiger charge is 2.28. The van der Waals surface area contributed by atoms with Crippen molar-refractivity contribution in [2.75, 3.05) is 26.4 Å². The number of unbranched alkanes of at least 4 members (excludes halogenated alkanes) is 40. The lowest BCUT2D eigenvalue weighted by Crippen LogP contribution is -2.30. The van der Waals surface area contributed by atoms with Crippen LogP contribution in [0.5, 0.6) is 0 Å². The predicted molar refractivity (Wildman–Crippen MR) is 316 cm³/mol. The molecule has 2 N–H and O–H groups in total. The zero-order valence-electron chi connectivity index (χ0n) is 49.7. The van der Waals surface area contributed by atoms with Crippen molar-refractivity contribution in [3.63, 3.8) is 0 Å². The van der Waals surface area contributed by atoms with Gasteiger partial charge in [-0.15, -0.1) is 0 Å². The average molecular weight is 1100 g/mol. The minimum atomic E-state index is -4.75. The Morgan fingerprint density at radius 3 is 0.908 bits per heavy atom. The molecule has 0 heterocycles. The van der Waals surface area contributed by atoms with Crippen molar-refractivity contribution in [3.8, 4) is 0 Å². The topological polar surface area (TPSA) is 155 Å². The van der Waals surface area contributed by atoms with Crippen LogP contribution in [0.25, 0.3) is 0 Å². The Balaban J connectivity index is 4.65. The van der Waals surface area contributed by atoms with Crippen molar-refractivity contribution >= 4 is 25.7 Å². The molecule has 0 radical (unpaired) electrons. The molecule has 0 aliphatic heterocycles. The molecule has 12 heteroatoms. The van der Waals surface area contributed by atoms with Crippen LogP contribution in [0.15, 0.2) is 24.3 Å². The van der Waals surface area contributed by atoms with Gasteiger partial charge in [-0.25, -0.2) is 4.57 Å². The van der Waals surface area contributed by atoms with Crippen LogP contribution in [0.4, 0.5) is 0 Å². The number of aliphatic hydroxyl groups excluding tert-OH is 1. The minimum absolute atomic E-state index is 0.166. The fraction of sp³-hybridized carbons (Fsp3) is 0.891. The summed E-state index contributed by atoms with van der Waals surface area (Å²) in [5.41, 5.74) is 0. The second kappa shape index (κ2) is 59.1. The Bertz CT molecular complexity index is 1370. The van der Waals surface area contributed by atoms with E-state index in [1.54, 1.807) is 0 Å². The van der Waals surface area contributed by atoms with Gasteiger partial charge < -0.3 is 24.2 Å². The van der Waals surface area contributed by atoms with Crippen molar-refractivity contribution < 1.29 is 52.2 Å². The molecular weight excluding hydrogens is 976 g/mol. The molecule has 0 aromatic rings. The summed E-state index contributed by atoms with van der Waals surface area (Å²) in [6, 6.07) is 0. The molecule has 0 bridgehead atoms. The fourth-order valence-electron chi connectivity index (χ4n) is 9.41. The lowest BCUT2D eigenvalue weighted by atomic mass is 10.0. The van der Waals surface area contributed by atoms with E-state index in [1.807, 2.05) is 0 Å². The number of rotatable bonds is 61. The molecule has 0 aromatic carbocycles. The average Bonchev–Trinajstić information content (AvgIpc) is 3.41. The van der Waals surface area contributed by atoms with Crippen LogP contribution in [0, 0.1) is 0 Å². The van der Waals surface area contributed by atoms with Crippen molar-refractivity contribution in [1.82, 2.24) is 0 Å². The number of hydrogen-bond acceptors (Lipinski definition) is 10. The predicted octanol–water partition coefficient (Wildman–Crippen LogP) is 19.4. The highest BCUT2D eigenvalue weighted by molar-refractivity contribution is 7.47. The van der Waals surface area contributed by atoms with E-state index in [9.17, 15) is 28.9 Å². The molecular formula is C64H121O11P. The van der Waals surface area contributed by atoms with Crippen LogP contribution in [-0.2, 0) is 42.2 Å². The Morgan fingerprint density at radius 2 is 0.605 bits per heavy atom. The summed E-state index contributed by atoms with van der Waals surface area (Å²) in [6.45, 7) is 4.70. The molecule has 0 aromatic heterocycles. The first kappa shape index (κ1) is 74.0. The normalized spacial score (nSPS) is 13.4. The van der Waals surface area contributed by atoms with E-state index in [1.165, 1.54) is 186 Å². The van der Waals surface area contributed by atoms with Crippen LogP contribution in [0.3, 0.4) is 0 Å². The lowest BCUT2D eigenvalue weighted by molar-refractivity contribution is -0.161. The van der Waals surface area contributed by atoms with Gasteiger partial charge in [-0.1, -0.05) is 263 Å². The molecule has 3 atom stereocenters. The molecule has 0 amide bonds. The smallest absolute Gasteiger partial charge is 0.462 e. The summed E-state index contributed by atoms with van der Waals surface area (Å²) in [5.74, 6) is -1.45. The van der Waals surface area contributed by atoms with E-state index in [0.717, 1.165) is 83.5 Å². The maximum absolute atomic E-state index is 12.9. The highest BCUT2D eigenvalue weighted by atomic mass is 31.2. The molecule has 0 rings (SSSR count). The van der Waals surface area contributed by atoms with E-state index in [4.69, 9.17) is 23.3 Å². The lowest BCUT2D eigenvalue weighted by Gasteiger charge is -2.21. The first-order chi connectivity index (χ1) is 37.2. The van der Waals surface area contributed by atoms with Gasteiger partial charge in [0.05, 0.1) is 19.8 Å². The minimum Gasteiger partial charge on any atom is -0.462 e.